The van der Waals surface area contributed by atoms with E-state index < -0.39 is 30.8 Å². The Hall–Kier alpha value is -2.63. The standard InChI is InChI=1S/C24H33N2O5P/c1-17-11-13-20(14-12-17)25-22(27)18(2)16-32(29,30)21(15-19-9-7-6-8-10-19)26-23(28)31-24(3,4)5/h6-14,18,21H,15-16H2,1-5H3,(H,25,27)(H,26,28)(H,29,30). The third kappa shape index (κ3) is 8.48. The molecule has 2 rings (SSSR count). The number of rotatable bonds is 8. The van der Waals surface area contributed by atoms with Crippen LogP contribution in [-0.2, 0) is 20.5 Å². The summed E-state index contributed by atoms with van der Waals surface area (Å²) >= 11 is 0. The molecule has 0 saturated heterocycles. The second-order valence-electron chi connectivity index (χ2n) is 9.05. The van der Waals surface area contributed by atoms with Gasteiger partial charge >= 0.3 is 6.09 Å². The average Bonchev–Trinajstić information content (AvgIpc) is 2.68. The van der Waals surface area contributed by atoms with Gasteiger partial charge in [0.15, 0.2) is 0 Å². The van der Waals surface area contributed by atoms with Crippen LogP contribution in [0.4, 0.5) is 10.5 Å². The third-order valence-corrected chi connectivity index (χ3v) is 7.10. The molecular formula is C24H33N2O5P. The van der Waals surface area contributed by atoms with E-state index in [0.717, 1.165) is 11.1 Å². The van der Waals surface area contributed by atoms with Gasteiger partial charge in [-0.15, -0.1) is 0 Å². The number of carbonyl (C=O) groups excluding carboxylic acids is 2. The molecule has 7 nitrogen and oxygen atoms in total. The van der Waals surface area contributed by atoms with Gasteiger partial charge in [-0.2, -0.15) is 0 Å². The van der Waals surface area contributed by atoms with Crippen LogP contribution in [0.25, 0.3) is 0 Å². The van der Waals surface area contributed by atoms with Gasteiger partial charge in [0.1, 0.15) is 11.4 Å². The molecule has 0 saturated carbocycles. The second-order valence-corrected chi connectivity index (χ2v) is 11.5. The number of nitrogens with one attached hydrogen (secondary N) is 2. The Kier molecular flexibility index (Phi) is 8.65. The van der Waals surface area contributed by atoms with Crippen LogP contribution in [0.5, 0.6) is 0 Å². The van der Waals surface area contributed by atoms with E-state index in [9.17, 15) is 19.0 Å². The number of hydrogen-bond donors (Lipinski definition) is 3. The molecule has 2 aromatic rings. The molecule has 3 atom stereocenters. The van der Waals surface area contributed by atoms with Crippen molar-refractivity contribution in [1.82, 2.24) is 5.32 Å². The molecule has 0 spiro atoms. The average molecular weight is 461 g/mol. The minimum Gasteiger partial charge on any atom is -0.444 e. The van der Waals surface area contributed by atoms with Gasteiger partial charge in [-0.05, 0) is 45.4 Å². The first-order chi connectivity index (χ1) is 14.9. The van der Waals surface area contributed by atoms with Gasteiger partial charge in [0.05, 0.1) is 0 Å². The number of hydrogen-bond acceptors (Lipinski definition) is 4. The summed E-state index contributed by atoms with van der Waals surface area (Å²) in [5.41, 5.74) is 1.72. The summed E-state index contributed by atoms with van der Waals surface area (Å²) < 4.78 is 18.6. The number of anilines is 1. The van der Waals surface area contributed by atoms with Crippen LogP contribution in [0.15, 0.2) is 54.6 Å². The van der Waals surface area contributed by atoms with Gasteiger partial charge in [0.2, 0.25) is 13.3 Å². The zero-order chi connectivity index (χ0) is 23.9. The molecule has 0 radical (unpaired) electrons. The van der Waals surface area contributed by atoms with Crippen LogP contribution in [0.1, 0.15) is 38.8 Å². The largest absolute Gasteiger partial charge is 0.444 e. The summed E-state index contributed by atoms with van der Waals surface area (Å²) in [6.45, 7) is 8.69. The minimum absolute atomic E-state index is 0.139. The molecule has 0 aliphatic rings. The highest BCUT2D eigenvalue weighted by atomic mass is 31.2. The molecule has 8 heteroatoms. The molecule has 0 heterocycles. The molecule has 32 heavy (non-hydrogen) atoms. The predicted molar refractivity (Wildman–Crippen MR) is 127 cm³/mol. The lowest BCUT2D eigenvalue weighted by Gasteiger charge is -2.28. The molecule has 3 unspecified atom stereocenters. The highest BCUT2D eigenvalue weighted by Gasteiger charge is 2.36. The van der Waals surface area contributed by atoms with Crippen molar-refractivity contribution >= 4 is 25.1 Å². The molecule has 0 aromatic heterocycles. The van der Waals surface area contributed by atoms with Gasteiger partial charge < -0.3 is 20.3 Å². The summed E-state index contributed by atoms with van der Waals surface area (Å²) in [6.07, 6.45) is -0.914. The van der Waals surface area contributed by atoms with E-state index in [0.29, 0.717) is 5.69 Å². The highest BCUT2D eigenvalue weighted by Crippen LogP contribution is 2.48. The smallest absolute Gasteiger partial charge is 0.408 e. The number of aryl methyl sites for hydroxylation is 1. The lowest BCUT2D eigenvalue weighted by atomic mass is 10.1. The summed E-state index contributed by atoms with van der Waals surface area (Å²) in [4.78, 5) is 35.9. The summed E-state index contributed by atoms with van der Waals surface area (Å²) in [5, 5.41) is 5.33. The fourth-order valence-corrected chi connectivity index (χ4v) is 5.09. The van der Waals surface area contributed by atoms with Gasteiger partial charge in [-0.25, -0.2) is 4.79 Å². The van der Waals surface area contributed by atoms with E-state index >= 15 is 0 Å². The van der Waals surface area contributed by atoms with Crippen LogP contribution in [-0.4, -0.2) is 34.4 Å². The van der Waals surface area contributed by atoms with E-state index in [-0.39, 0.29) is 18.5 Å². The topological polar surface area (TPSA) is 105 Å². The molecule has 0 bridgehead atoms. The maximum atomic E-state index is 13.3. The van der Waals surface area contributed by atoms with Gasteiger partial charge in [0.25, 0.3) is 0 Å². The first kappa shape index (κ1) is 25.6. The fraction of sp³-hybridized carbons (Fsp3) is 0.417. The van der Waals surface area contributed by atoms with Crippen molar-refractivity contribution in [1.29, 1.82) is 0 Å². The van der Waals surface area contributed by atoms with Crippen molar-refractivity contribution < 1.29 is 23.8 Å². The molecule has 0 aliphatic carbocycles. The highest BCUT2D eigenvalue weighted by molar-refractivity contribution is 7.58. The lowest BCUT2D eigenvalue weighted by Crippen LogP contribution is -2.41. The maximum Gasteiger partial charge on any atom is 0.408 e. The van der Waals surface area contributed by atoms with Crippen molar-refractivity contribution in [3.63, 3.8) is 0 Å². The summed E-state index contributed by atoms with van der Waals surface area (Å²) in [5.74, 6) is -2.20. The van der Waals surface area contributed by atoms with Crippen LogP contribution in [0, 0.1) is 12.8 Å². The molecule has 3 N–H and O–H groups in total. The fourth-order valence-electron chi connectivity index (χ4n) is 3.08. The Morgan fingerprint density at radius 3 is 2.22 bits per heavy atom. The Bertz CT molecular complexity index is 955. The van der Waals surface area contributed by atoms with E-state index in [2.05, 4.69) is 10.6 Å². The first-order valence-corrected chi connectivity index (χ1v) is 12.5. The van der Waals surface area contributed by atoms with Crippen molar-refractivity contribution in [3.05, 3.63) is 65.7 Å². The van der Waals surface area contributed by atoms with Crippen LogP contribution >= 0.6 is 7.37 Å². The predicted octanol–water partition coefficient (Wildman–Crippen LogP) is 4.93. The molecule has 0 fully saturated rings. The Morgan fingerprint density at radius 2 is 1.66 bits per heavy atom. The van der Waals surface area contributed by atoms with Crippen molar-refractivity contribution in [2.45, 2.75) is 52.4 Å². The minimum atomic E-state index is -3.98. The number of ether oxygens (including phenoxy) is 1. The molecule has 2 amide bonds. The Morgan fingerprint density at radius 1 is 1.06 bits per heavy atom. The zero-order valence-electron chi connectivity index (χ0n) is 19.3. The normalized spacial score (nSPS) is 15.2. The third-order valence-electron chi connectivity index (χ3n) is 4.74. The molecule has 2 aromatic carbocycles. The number of benzene rings is 2. The van der Waals surface area contributed by atoms with Gasteiger partial charge in [0, 0.05) is 24.2 Å². The first-order valence-electron chi connectivity index (χ1n) is 10.6. The monoisotopic (exact) mass is 460 g/mol. The van der Waals surface area contributed by atoms with Crippen LogP contribution < -0.4 is 10.6 Å². The van der Waals surface area contributed by atoms with E-state index in [1.165, 1.54) is 0 Å². The van der Waals surface area contributed by atoms with E-state index in [1.807, 2.05) is 49.4 Å². The van der Waals surface area contributed by atoms with Crippen molar-refractivity contribution in [2.24, 2.45) is 5.92 Å². The van der Waals surface area contributed by atoms with Gasteiger partial charge in [-0.1, -0.05) is 55.0 Å². The summed E-state index contributed by atoms with van der Waals surface area (Å²) in [7, 11) is -3.98. The lowest BCUT2D eigenvalue weighted by molar-refractivity contribution is -0.118. The second kappa shape index (κ2) is 10.8. The number of alkyl carbamates (subject to hydrolysis) is 1. The Labute approximate surface area is 190 Å². The van der Waals surface area contributed by atoms with Crippen molar-refractivity contribution in [3.8, 4) is 0 Å². The molecule has 174 valence electrons. The molecule has 0 aliphatic heterocycles. The van der Waals surface area contributed by atoms with E-state index in [4.69, 9.17) is 4.74 Å². The maximum absolute atomic E-state index is 13.3. The Balaban J connectivity index is 2.14. The molecular weight excluding hydrogens is 427 g/mol. The van der Waals surface area contributed by atoms with Crippen LogP contribution in [0.2, 0.25) is 0 Å². The number of carbonyl (C=O) groups is 2. The van der Waals surface area contributed by atoms with Gasteiger partial charge in [-0.3, -0.25) is 9.36 Å². The van der Waals surface area contributed by atoms with Crippen LogP contribution in [0.3, 0.4) is 0 Å². The SMILES string of the molecule is Cc1ccc(NC(=O)C(C)CP(=O)(O)C(Cc2ccccc2)NC(=O)OC(C)(C)C)cc1. The zero-order valence-corrected chi connectivity index (χ0v) is 20.2. The quantitative estimate of drug-likeness (QED) is 0.485. The number of amides is 2. The van der Waals surface area contributed by atoms with Crippen molar-refractivity contribution in [2.75, 3.05) is 11.5 Å². The van der Waals surface area contributed by atoms with E-state index in [1.54, 1.807) is 39.8 Å². The summed E-state index contributed by atoms with van der Waals surface area (Å²) in [6, 6.07) is 16.4.